The Morgan fingerprint density at radius 1 is 0.980 bits per heavy atom. The third-order valence-electron chi connectivity index (χ3n) is 8.55. The first-order valence-corrected chi connectivity index (χ1v) is 18.0. The predicted octanol–water partition coefficient (Wildman–Crippen LogP) is 8.82. The fourth-order valence-electron chi connectivity index (χ4n) is 5.96. The van der Waals surface area contributed by atoms with Gasteiger partial charge in [-0.2, -0.15) is 5.26 Å². The van der Waals surface area contributed by atoms with Crippen LogP contribution in [0.15, 0.2) is 108 Å². The molecule has 0 spiro atoms. The van der Waals surface area contributed by atoms with Crippen LogP contribution in [0, 0.1) is 17.2 Å². The maximum Gasteiger partial charge on any atom is 0.272 e. The van der Waals surface area contributed by atoms with Crippen LogP contribution in [0.4, 0.5) is 10.7 Å². The number of benzene rings is 4. The average molecular weight is 685 g/mol. The number of nitrogens with one attached hydrogen (secondary N) is 3. The molecule has 1 heterocycles. The van der Waals surface area contributed by atoms with Crippen molar-refractivity contribution in [1.82, 2.24) is 5.32 Å². The third kappa shape index (κ3) is 7.94. The van der Waals surface area contributed by atoms with Crippen molar-refractivity contribution in [2.75, 3.05) is 10.6 Å². The van der Waals surface area contributed by atoms with Gasteiger partial charge in [0.2, 0.25) is 5.91 Å². The standard InChI is InChI=1S/C40H36N4O3S2/c1-3-35(39(47)44-40-33(24-41)32-20-19-25(2)21-36(32)49-40)48-30-17-10-16-29(23-30)42-38(46)34(43-37(45)27-12-5-4-6-13-27)22-28-15-9-14-26-11-7-8-18-31(26)28/h4-18,22-23,25,35H,3,19-21H2,1-2H3,(H,42,46)(H,43,45)(H,44,47)/b34-22+. The Labute approximate surface area is 294 Å². The minimum atomic E-state index is -0.482. The zero-order valence-corrected chi connectivity index (χ0v) is 28.9. The fourth-order valence-corrected chi connectivity index (χ4v) is 8.33. The molecule has 0 radical (unpaired) electrons. The molecule has 7 nitrogen and oxygen atoms in total. The number of fused-ring (bicyclic) bond motifs is 2. The summed E-state index contributed by atoms with van der Waals surface area (Å²) in [6, 6.07) is 32.1. The zero-order valence-electron chi connectivity index (χ0n) is 27.3. The number of rotatable bonds is 10. The first-order chi connectivity index (χ1) is 23.8. The Bertz CT molecular complexity index is 2090. The Morgan fingerprint density at radius 3 is 2.53 bits per heavy atom. The summed E-state index contributed by atoms with van der Waals surface area (Å²) in [7, 11) is 0. The lowest BCUT2D eigenvalue weighted by Gasteiger charge is -2.17. The van der Waals surface area contributed by atoms with Gasteiger partial charge in [-0.15, -0.1) is 23.1 Å². The molecule has 1 aliphatic rings. The molecule has 4 aromatic carbocycles. The van der Waals surface area contributed by atoms with Gasteiger partial charge in [-0.3, -0.25) is 14.4 Å². The van der Waals surface area contributed by atoms with Crippen LogP contribution >= 0.6 is 23.1 Å². The fraction of sp³-hybridized carbons (Fsp3) is 0.200. The quantitative estimate of drug-likeness (QED) is 0.101. The zero-order chi connectivity index (χ0) is 34.3. The van der Waals surface area contributed by atoms with Crippen molar-refractivity contribution in [3.63, 3.8) is 0 Å². The average Bonchev–Trinajstić information content (AvgIpc) is 3.46. The van der Waals surface area contributed by atoms with E-state index in [-0.39, 0.29) is 11.6 Å². The molecule has 246 valence electrons. The maximum atomic E-state index is 13.8. The first-order valence-electron chi connectivity index (χ1n) is 16.3. The number of hydrogen-bond acceptors (Lipinski definition) is 6. The molecular weight excluding hydrogens is 649 g/mol. The van der Waals surface area contributed by atoms with Gasteiger partial charge in [0, 0.05) is 21.0 Å². The van der Waals surface area contributed by atoms with Crippen LogP contribution in [0.3, 0.4) is 0 Å². The third-order valence-corrected chi connectivity index (χ3v) is 11.1. The van der Waals surface area contributed by atoms with Crippen LogP contribution in [0.5, 0.6) is 0 Å². The lowest BCUT2D eigenvalue weighted by molar-refractivity contribution is -0.116. The van der Waals surface area contributed by atoms with Crippen LogP contribution in [-0.4, -0.2) is 23.0 Å². The number of carbonyl (C=O) groups excluding carboxylic acids is 3. The Morgan fingerprint density at radius 2 is 1.73 bits per heavy atom. The SMILES string of the molecule is CCC(Sc1cccc(NC(=O)/C(=C\c2cccc3ccccc23)NC(=O)c2ccccc2)c1)C(=O)Nc1sc2c(c1C#N)CCC(C)C2. The van der Waals surface area contributed by atoms with E-state index in [0.29, 0.717) is 34.2 Å². The predicted molar refractivity (Wildman–Crippen MR) is 200 cm³/mol. The first kappa shape index (κ1) is 33.7. The van der Waals surface area contributed by atoms with Gasteiger partial charge in [-0.05, 0) is 89.9 Å². The molecule has 9 heteroatoms. The Balaban J connectivity index is 1.20. The molecule has 0 aliphatic heterocycles. The van der Waals surface area contributed by atoms with E-state index in [2.05, 4.69) is 28.9 Å². The monoisotopic (exact) mass is 684 g/mol. The summed E-state index contributed by atoms with van der Waals surface area (Å²) in [6.45, 7) is 4.17. The normalized spacial score (nSPS) is 14.7. The number of nitrogens with zero attached hydrogens (tertiary/aromatic N) is 1. The molecule has 0 saturated heterocycles. The Hall–Kier alpha value is -5.17. The highest BCUT2D eigenvalue weighted by Crippen LogP contribution is 2.40. The summed E-state index contributed by atoms with van der Waals surface area (Å²) in [5, 5.41) is 20.9. The molecule has 0 bridgehead atoms. The molecule has 1 aromatic heterocycles. The largest absolute Gasteiger partial charge is 0.321 e. The van der Waals surface area contributed by atoms with E-state index >= 15 is 0 Å². The highest BCUT2D eigenvalue weighted by molar-refractivity contribution is 8.00. The molecule has 5 aromatic rings. The van der Waals surface area contributed by atoms with Gasteiger partial charge >= 0.3 is 0 Å². The molecule has 0 saturated carbocycles. The van der Waals surface area contributed by atoms with Crippen LogP contribution < -0.4 is 16.0 Å². The van der Waals surface area contributed by atoms with E-state index in [0.717, 1.165) is 46.1 Å². The van der Waals surface area contributed by atoms with Crippen LogP contribution in [0.25, 0.3) is 16.8 Å². The summed E-state index contributed by atoms with van der Waals surface area (Å²) < 4.78 is 0. The number of nitriles is 1. The number of thiophene rings is 1. The van der Waals surface area contributed by atoms with Gasteiger partial charge in [0.15, 0.2) is 0 Å². The number of hydrogen-bond donors (Lipinski definition) is 3. The second-order valence-electron chi connectivity index (χ2n) is 12.1. The number of amides is 3. The van der Waals surface area contributed by atoms with Crippen molar-refractivity contribution in [2.24, 2.45) is 5.92 Å². The van der Waals surface area contributed by atoms with Crippen molar-refractivity contribution >= 4 is 68.4 Å². The van der Waals surface area contributed by atoms with E-state index in [1.54, 1.807) is 36.4 Å². The van der Waals surface area contributed by atoms with Crippen molar-refractivity contribution in [2.45, 2.75) is 49.7 Å². The molecule has 3 N–H and O–H groups in total. The molecule has 0 fully saturated rings. The van der Waals surface area contributed by atoms with Crippen molar-refractivity contribution in [3.8, 4) is 6.07 Å². The van der Waals surface area contributed by atoms with Crippen LogP contribution in [-0.2, 0) is 22.4 Å². The molecule has 1 aliphatic carbocycles. The number of carbonyl (C=O) groups is 3. The van der Waals surface area contributed by atoms with Crippen LogP contribution in [0.2, 0.25) is 0 Å². The smallest absolute Gasteiger partial charge is 0.272 e. The van der Waals surface area contributed by atoms with E-state index in [9.17, 15) is 19.6 Å². The molecule has 6 rings (SSSR count). The van der Waals surface area contributed by atoms with Gasteiger partial charge in [0.05, 0.1) is 10.8 Å². The number of thioether (sulfide) groups is 1. The van der Waals surface area contributed by atoms with Crippen molar-refractivity contribution < 1.29 is 14.4 Å². The minimum Gasteiger partial charge on any atom is -0.321 e. The molecule has 2 unspecified atom stereocenters. The summed E-state index contributed by atoms with van der Waals surface area (Å²) in [5.41, 5.74) is 3.51. The van der Waals surface area contributed by atoms with Crippen molar-refractivity contribution in [3.05, 3.63) is 130 Å². The van der Waals surface area contributed by atoms with Gasteiger partial charge in [-0.1, -0.05) is 80.6 Å². The maximum absolute atomic E-state index is 13.8. The van der Waals surface area contributed by atoms with Gasteiger partial charge in [0.1, 0.15) is 16.8 Å². The van der Waals surface area contributed by atoms with Crippen molar-refractivity contribution in [1.29, 1.82) is 5.26 Å². The summed E-state index contributed by atoms with van der Waals surface area (Å²) in [6.07, 6.45) is 5.11. The summed E-state index contributed by atoms with van der Waals surface area (Å²) in [5.74, 6) is -0.472. The van der Waals surface area contributed by atoms with E-state index in [4.69, 9.17) is 0 Å². The summed E-state index contributed by atoms with van der Waals surface area (Å²) in [4.78, 5) is 42.5. The molecular formula is C40H36N4O3S2. The Kier molecular flexibility index (Phi) is 10.6. The molecule has 49 heavy (non-hydrogen) atoms. The highest BCUT2D eigenvalue weighted by atomic mass is 32.2. The molecule has 2 atom stereocenters. The van der Waals surface area contributed by atoms with Gasteiger partial charge in [0.25, 0.3) is 11.8 Å². The topological polar surface area (TPSA) is 111 Å². The van der Waals surface area contributed by atoms with Crippen LogP contribution in [0.1, 0.15) is 58.6 Å². The van der Waals surface area contributed by atoms with Gasteiger partial charge < -0.3 is 16.0 Å². The molecule has 3 amide bonds. The second kappa shape index (κ2) is 15.4. The lowest BCUT2D eigenvalue weighted by Crippen LogP contribution is -2.30. The van der Waals surface area contributed by atoms with Gasteiger partial charge in [-0.25, -0.2) is 0 Å². The highest BCUT2D eigenvalue weighted by Gasteiger charge is 2.27. The van der Waals surface area contributed by atoms with E-state index in [1.165, 1.54) is 28.0 Å². The van der Waals surface area contributed by atoms with E-state index in [1.807, 2.05) is 73.7 Å². The summed E-state index contributed by atoms with van der Waals surface area (Å²) >= 11 is 2.92. The number of anilines is 2. The second-order valence-corrected chi connectivity index (χ2v) is 14.5. The lowest BCUT2D eigenvalue weighted by atomic mass is 9.88. The van der Waals surface area contributed by atoms with E-state index < -0.39 is 17.1 Å². The minimum absolute atomic E-state index is 0.0930.